The molecule has 0 aliphatic rings. The zero-order valence-electron chi connectivity index (χ0n) is 8.60. The van der Waals surface area contributed by atoms with Gasteiger partial charge in [-0.2, -0.15) is 0 Å². The molecule has 0 aromatic carbocycles. The number of alkyl carbamates (subject to hydrolysis) is 1. The maximum atomic E-state index is 11.0. The third kappa shape index (κ3) is 12.3. The molecule has 0 aliphatic heterocycles. The van der Waals surface area contributed by atoms with Gasteiger partial charge in [0.05, 0.1) is 0 Å². The topological polar surface area (TPSA) is 38.3 Å². The first-order valence-corrected chi connectivity index (χ1v) is 4.28. The molecule has 0 spiro atoms. The van der Waals surface area contributed by atoms with Crippen molar-refractivity contribution in [3.63, 3.8) is 0 Å². The molecule has 0 saturated heterocycles. The molecule has 1 amide bonds. The van der Waals surface area contributed by atoms with E-state index in [1.54, 1.807) is 0 Å². The summed E-state index contributed by atoms with van der Waals surface area (Å²) in [5, 5.41) is 2.68. The van der Waals surface area contributed by atoms with Gasteiger partial charge in [-0.25, -0.2) is 4.79 Å². The molecule has 0 saturated carbocycles. The van der Waals surface area contributed by atoms with E-state index in [0.29, 0.717) is 12.5 Å². The van der Waals surface area contributed by atoms with Crippen LogP contribution in [0.2, 0.25) is 0 Å². The number of ether oxygens (including phenoxy) is 1. The molecule has 74 valence electrons. The second-order valence-corrected chi connectivity index (χ2v) is 4.28. The van der Waals surface area contributed by atoms with Crippen LogP contribution in [0.5, 0.6) is 0 Å². The van der Waals surface area contributed by atoms with Gasteiger partial charge in [0, 0.05) is 6.54 Å². The summed E-state index contributed by atoms with van der Waals surface area (Å²) in [6.45, 7) is 10.3. The van der Waals surface area contributed by atoms with Gasteiger partial charge in [0.15, 0.2) is 0 Å². The molecule has 0 radical (unpaired) electrons. The quantitative estimate of drug-likeness (QED) is 0.681. The summed E-state index contributed by atoms with van der Waals surface area (Å²) >= 11 is 0. The Morgan fingerprint density at radius 2 is 1.85 bits per heavy atom. The van der Waals surface area contributed by atoms with E-state index < -0.39 is 5.60 Å². The molecular formula is C9H20NNaO2. The van der Waals surface area contributed by atoms with Gasteiger partial charge in [-0.05, 0) is 26.7 Å². The molecule has 0 rings (SSSR count). The third-order valence-corrected chi connectivity index (χ3v) is 1.05. The molecule has 0 fully saturated rings. The van der Waals surface area contributed by atoms with E-state index in [0.717, 1.165) is 0 Å². The van der Waals surface area contributed by atoms with Crippen molar-refractivity contribution >= 4 is 35.7 Å². The second-order valence-electron chi connectivity index (χ2n) is 4.28. The standard InChI is InChI=1S/C9H19NO2.Na.H/c1-7(2)6-10-8(11)12-9(3,4)5;;/h7H,6H2,1-5H3,(H,10,11);;. The van der Waals surface area contributed by atoms with E-state index in [-0.39, 0.29) is 35.7 Å². The molecule has 0 bridgehead atoms. The Labute approximate surface area is 103 Å². The van der Waals surface area contributed by atoms with Gasteiger partial charge in [0.2, 0.25) is 0 Å². The average Bonchev–Trinajstić information content (AvgIpc) is 1.79. The first-order chi connectivity index (χ1) is 5.31. The van der Waals surface area contributed by atoms with Crippen LogP contribution in [0, 0.1) is 5.92 Å². The second kappa shape index (κ2) is 6.68. The van der Waals surface area contributed by atoms with Crippen molar-refractivity contribution in [1.29, 1.82) is 0 Å². The first kappa shape index (κ1) is 15.7. The summed E-state index contributed by atoms with van der Waals surface area (Å²) in [5.74, 6) is 0.456. The number of hydrogen-bond acceptors (Lipinski definition) is 2. The van der Waals surface area contributed by atoms with E-state index >= 15 is 0 Å². The average molecular weight is 197 g/mol. The molecular weight excluding hydrogens is 177 g/mol. The van der Waals surface area contributed by atoms with Crippen LogP contribution in [-0.4, -0.2) is 47.8 Å². The molecule has 0 aromatic rings. The van der Waals surface area contributed by atoms with Crippen molar-refractivity contribution in [2.24, 2.45) is 5.92 Å². The molecule has 0 heterocycles. The fourth-order valence-corrected chi connectivity index (χ4v) is 0.602. The number of carbonyl (C=O) groups is 1. The van der Waals surface area contributed by atoms with Crippen molar-refractivity contribution in [2.75, 3.05) is 6.54 Å². The van der Waals surface area contributed by atoms with Crippen LogP contribution in [0.3, 0.4) is 0 Å². The summed E-state index contributed by atoms with van der Waals surface area (Å²) < 4.78 is 5.04. The molecule has 3 nitrogen and oxygen atoms in total. The Balaban J connectivity index is 0. The molecule has 0 unspecified atom stereocenters. The molecule has 0 aliphatic carbocycles. The van der Waals surface area contributed by atoms with Gasteiger partial charge in [-0.1, -0.05) is 13.8 Å². The van der Waals surface area contributed by atoms with E-state index in [4.69, 9.17) is 4.74 Å². The van der Waals surface area contributed by atoms with E-state index in [2.05, 4.69) is 5.32 Å². The third-order valence-electron chi connectivity index (χ3n) is 1.05. The SMILES string of the molecule is CC(C)CNC(=O)OC(C)(C)C.[NaH]. The van der Waals surface area contributed by atoms with Crippen molar-refractivity contribution < 1.29 is 9.53 Å². The van der Waals surface area contributed by atoms with Crippen LogP contribution in [0.15, 0.2) is 0 Å². The van der Waals surface area contributed by atoms with Gasteiger partial charge >= 0.3 is 35.7 Å². The van der Waals surface area contributed by atoms with Crippen LogP contribution >= 0.6 is 0 Å². The Morgan fingerprint density at radius 1 is 1.38 bits per heavy atom. The summed E-state index contributed by atoms with van der Waals surface area (Å²) in [4.78, 5) is 11.0. The minimum atomic E-state index is -0.402. The van der Waals surface area contributed by atoms with Crippen LogP contribution in [0.25, 0.3) is 0 Å². The van der Waals surface area contributed by atoms with Gasteiger partial charge in [-0.3, -0.25) is 0 Å². The van der Waals surface area contributed by atoms with Crippen LogP contribution in [0.4, 0.5) is 4.79 Å². The zero-order chi connectivity index (χ0) is 9.78. The van der Waals surface area contributed by atoms with Crippen LogP contribution in [-0.2, 0) is 4.74 Å². The fourth-order valence-electron chi connectivity index (χ4n) is 0.602. The van der Waals surface area contributed by atoms with Crippen LogP contribution < -0.4 is 5.32 Å². The molecule has 1 N–H and O–H groups in total. The van der Waals surface area contributed by atoms with Gasteiger partial charge < -0.3 is 10.1 Å². The van der Waals surface area contributed by atoms with Crippen molar-refractivity contribution in [2.45, 2.75) is 40.2 Å². The Hall–Kier alpha value is 0.270. The van der Waals surface area contributed by atoms with Crippen molar-refractivity contribution in [3.8, 4) is 0 Å². The molecule has 4 heteroatoms. The Bertz CT molecular complexity index is 152. The van der Waals surface area contributed by atoms with Gasteiger partial charge in [0.1, 0.15) is 5.60 Å². The predicted molar refractivity (Wildman–Crippen MR) is 56.2 cm³/mol. The fraction of sp³-hybridized carbons (Fsp3) is 0.889. The minimum absolute atomic E-state index is 0. The number of amides is 1. The normalized spacial score (nSPS) is 10.6. The predicted octanol–water partition coefficient (Wildman–Crippen LogP) is 1.52. The summed E-state index contributed by atoms with van der Waals surface area (Å²) in [7, 11) is 0. The maximum absolute atomic E-state index is 11.0. The monoisotopic (exact) mass is 197 g/mol. The Kier molecular flexibility index (Phi) is 8.09. The van der Waals surface area contributed by atoms with Gasteiger partial charge in [-0.15, -0.1) is 0 Å². The van der Waals surface area contributed by atoms with E-state index in [9.17, 15) is 4.79 Å². The molecule has 0 aromatic heterocycles. The van der Waals surface area contributed by atoms with Gasteiger partial charge in [0.25, 0.3) is 0 Å². The van der Waals surface area contributed by atoms with E-state index in [1.165, 1.54) is 0 Å². The summed E-state index contributed by atoms with van der Waals surface area (Å²) in [5.41, 5.74) is -0.402. The molecule has 0 atom stereocenters. The molecule has 13 heavy (non-hydrogen) atoms. The number of rotatable bonds is 2. The number of nitrogens with one attached hydrogen (secondary N) is 1. The van der Waals surface area contributed by atoms with Crippen LogP contribution in [0.1, 0.15) is 34.6 Å². The van der Waals surface area contributed by atoms with Crippen molar-refractivity contribution in [1.82, 2.24) is 5.32 Å². The Morgan fingerprint density at radius 3 is 2.15 bits per heavy atom. The first-order valence-electron chi connectivity index (χ1n) is 4.28. The number of hydrogen-bond donors (Lipinski definition) is 1. The summed E-state index contributed by atoms with van der Waals surface area (Å²) in [6, 6.07) is 0. The summed E-state index contributed by atoms with van der Waals surface area (Å²) in [6.07, 6.45) is -0.337. The number of carbonyl (C=O) groups excluding carboxylic acids is 1. The van der Waals surface area contributed by atoms with Crippen molar-refractivity contribution in [3.05, 3.63) is 0 Å². The van der Waals surface area contributed by atoms with E-state index in [1.807, 2.05) is 34.6 Å². The zero-order valence-corrected chi connectivity index (χ0v) is 8.60.